The van der Waals surface area contributed by atoms with Crippen LogP contribution in [0.3, 0.4) is 0 Å². The molecule has 0 aliphatic rings. The normalized spacial score (nSPS) is 12.9. The lowest BCUT2D eigenvalue weighted by atomic mass is 10.1. The molecule has 0 aromatic carbocycles. The summed E-state index contributed by atoms with van der Waals surface area (Å²) in [5, 5.41) is 25.4. The first-order valence-electron chi connectivity index (χ1n) is 4.21. The van der Waals surface area contributed by atoms with Gasteiger partial charge in [0.25, 0.3) is 0 Å². The highest BCUT2D eigenvalue weighted by atomic mass is 32.1. The third-order valence-electron chi connectivity index (χ3n) is 1.77. The molecule has 1 aromatic heterocycles. The molecule has 0 aliphatic carbocycles. The SMILES string of the molecule is CC(CO)(CO)Nc1nnc(C(F)(F)F)s1. The monoisotopic (exact) mass is 257 g/mol. The van der Waals surface area contributed by atoms with Crippen LogP contribution in [0.5, 0.6) is 0 Å². The van der Waals surface area contributed by atoms with E-state index in [1.54, 1.807) is 0 Å². The molecule has 1 rings (SSSR count). The predicted molar refractivity (Wildman–Crippen MR) is 51.1 cm³/mol. The Labute approximate surface area is 92.9 Å². The van der Waals surface area contributed by atoms with Gasteiger partial charge in [-0.2, -0.15) is 13.2 Å². The molecule has 0 radical (unpaired) electrons. The number of rotatable bonds is 4. The molecule has 0 spiro atoms. The van der Waals surface area contributed by atoms with Gasteiger partial charge in [0.1, 0.15) is 0 Å². The van der Waals surface area contributed by atoms with Crippen molar-refractivity contribution in [2.45, 2.75) is 18.6 Å². The van der Waals surface area contributed by atoms with Gasteiger partial charge in [-0.25, -0.2) is 0 Å². The number of nitrogens with zero attached hydrogens (tertiary/aromatic N) is 2. The van der Waals surface area contributed by atoms with Gasteiger partial charge in [-0.05, 0) is 6.92 Å². The quantitative estimate of drug-likeness (QED) is 0.740. The molecular formula is C7H10F3N3O2S. The number of aliphatic hydroxyl groups excluding tert-OH is 2. The third kappa shape index (κ3) is 3.03. The molecule has 0 atom stereocenters. The number of nitrogens with one attached hydrogen (secondary N) is 1. The Morgan fingerprint density at radius 1 is 1.25 bits per heavy atom. The molecule has 92 valence electrons. The van der Waals surface area contributed by atoms with Gasteiger partial charge in [0.05, 0.1) is 18.8 Å². The number of anilines is 1. The zero-order valence-corrected chi connectivity index (χ0v) is 9.06. The van der Waals surface area contributed by atoms with Gasteiger partial charge in [0.15, 0.2) is 0 Å². The van der Waals surface area contributed by atoms with Gasteiger partial charge < -0.3 is 15.5 Å². The van der Waals surface area contributed by atoms with Gasteiger partial charge in [-0.15, -0.1) is 10.2 Å². The van der Waals surface area contributed by atoms with Crippen molar-refractivity contribution in [2.75, 3.05) is 18.5 Å². The highest BCUT2D eigenvalue weighted by Crippen LogP contribution is 2.33. The van der Waals surface area contributed by atoms with Crippen LogP contribution in [0.15, 0.2) is 0 Å². The fraction of sp³-hybridized carbons (Fsp3) is 0.714. The summed E-state index contributed by atoms with van der Waals surface area (Å²) >= 11 is 0.317. The topological polar surface area (TPSA) is 78.3 Å². The van der Waals surface area contributed by atoms with E-state index in [-0.39, 0.29) is 5.13 Å². The summed E-state index contributed by atoms with van der Waals surface area (Å²) in [5.74, 6) is 0. The van der Waals surface area contributed by atoms with Crippen molar-refractivity contribution < 1.29 is 23.4 Å². The highest BCUT2D eigenvalue weighted by molar-refractivity contribution is 7.15. The molecule has 0 unspecified atom stereocenters. The number of hydrogen-bond donors (Lipinski definition) is 3. The lowest BCUT2D eigenvalue weighted by molar-refractivity contribution is -0.138. The zero-order chi connectivity index (χ0) is 12.4. The van der Waals surface area contributed by atoms with Crippen LogP contribution >= 0.6 is 11.3 Å². The molecule has 0 aliphatic heterocycles. The Bertz CT molecular complexity index is 351. The maximum absolute atomic E-state index is 12.2. The number of hydrogen-bond acceptors (Lipinski definition) is 6. The van der Waals surface area contributed by atoms with E-state index in [1.807, 2.05) is 0 Å². The molecule has 3 N–H and O–H groups in total. The molecule has 9 heteroatoms. The average molecular weight is 257 g/mol. The second-order valence-electron chi connectivity index (χ2n) is 3.41. The lowest BCUT2D eigenvalue weighted by Crippen LogP contribution is -2.42. The first kappa shape index (κ1) is 13.1. The summed E-state index contributed by atoms with van der Waals surface area (Å²) in [6.07, 6.45) is -4.54. The minimum Gasteiger partial charge on any atom is -0.394 e. The van der Waals surface area contributed by atoms with E-state index in [1.165, 1.54) is 6.92 Å². The van der Waals surface area contributed by atoms with E-state index in [9.17, 15) is 13.2 Å². The van der Waals surface area contributed by atoms with Crippen molar-refractivity contribution in [3.05, 3.63) is 5.01 Å². The van der Waals surface area contributed by atoms with Crippen LogP contribution in [0.25, 0.3) is 0 Å². The molecule has 1 heterocycles. The second kappa shape index (κ2) is 4.52. The van der Waals surface area contributed by atoms with E-state index in [2.05, 4.69) is 15.5 Å². The molecule has 0 saturated carbocycles. The van der Waals surface area contributed by atoms with Crippen LogP contribution in [0.4, 0.5) is 18.3 Å². The van der Waals surface area contributed by atoms with E-state index < -0.39 is 29.9 Å². The summed E-state index contributed by atoms with van der Waals surface area (Å²) in [6.45, 7) is 0.566. The minimum absolute atomic E-state index is 0.0991. The first-order valence-corrected chi connectivity index (χ1v) is 5.03. The minimum atomic E-state index is -4.54. The summed E-state index contributed by atoms with van der Waals surface area (Å²) in [7, 11) is 0. The van der Waals surface area contributed by atoms with Crippen LogP contribution in [0, 0.1) is 0 Å². The van der Waals surface area contributed by atoms with E-state index >= 15 is 0 Å². The maximum Gasteiger partial charge on any atom is 0.445 e. The zero-order valence-electron chi connectivity index (χ0n) is 8.25. The van der Waals surface area contributed by atoms with Crippen LogP contribution in [0.1, 0.15) is 11.9 Å². The van der Waals surface area contributed by atoms with Gasteiger partial charge in [0.2, 0.25) is 10.1 Å². The first-order chi connectivity index (χ1) is 7.30. The largest absolute Gasteiger partial charge is 0.445 e. The van der Waals surface area contributed by atoms with E-state index in [0.717, 1.165) is 0 Å². The molecule has 0 bridgehead atoms. The van der Waals surface area contributed by atoms with Crippen LogP contribution in [0.2, 0.25) is 0 Å². The standard InChI is InChI=1S/C7H10F3N3O2S/c1-6(2-14,3-15)11-5-13-12-4(16-5)7(8,9)10/h14-15H,2-3H2,1H3,(H,11,13). The Hall–Kier alpha value is -0.930. The fourth-order valence-electron chi connectivity index (χ4n) is 0.776. The van der Waals surface area contributed by atoms with Crippen LogP contribution < -0.4 is 5.32 Å². The number of aromatic nitrogens is 2. The van der Waals surface area contributed by atoms with E-state index in [4.69, 9.17) is 10.2 Å². The smallest absolute Gasteiger partial charge is 0.394 e. The fourth-order valence-corrected chi connectivity index (χ4v) is 1.54. The Morgan fingerprint density at radius 2 is 1.81 bits per heavy atom. The maximum atomic E-state index is 12.2. The Kier molecular flexibility index (Phi) is 3.71. The van der Waals surface area contributed by atoms with E-state index in [0.29, 0.717) is 11.3 Å². The van der Waals surface area contributed by atoms with Gasteiger partial charge >= 0.3 is 6.18 Å². The molecule has 0 amide bonds. The molecule has 16 heavy (non-hydrogen) atoms. The summed E-state index contributed by atoms with van der Waals surface area (Å²) in [5.41, 5.74) is -1.12. The number of alkyl halides is 3. The third-order valence-corrected chi connectivity index (χ3v) is 2.66. The van der Waals surface area contributed by atoms with Crippen molar-refractivity contribution in [3.63, 3.8) is 0 Å². The average Bonchev–Trinajstić information content (AvgIpc) is 2.65. The number of aliphatic hydroxyl groups is 2. The van der Waals surface area contributed by atoms with Crippen molar-refractivity contribution in [2.24, 2.45) is 0 Å². The van der Waals surface area contributed by atoms with Gasteiger partial charge in [0, 0.05) is 0 Å². The van der Waals surface area contributed by atoms with Crippen molar-refractivity contribution >= 4 is 16.5 Å². The molecule has 1 aromatic rings. The molecular weight excluding hydrogens is 247 g/mol. The number of halogens is 3. The summed E-state index contributed by atoms with van der Waals surface area (Å²) in [6, 6.07) is 0. The highest BCUT2D eigenvalue weighted by Gasteiger charge is 2.36. The summed E-state index contributed by atoms with van der Waals surface area (Å²) in [4.78, 5) is 0. The van der Waals surface area contributed by atoms with Crippen molar-refractivity contribution in [1.82, 2.24) is 10.2 Å². The van der Waals surface area contributed by atoms with Crippen molar-refractivity contribution in [1.29, 1.82) is 0 Å². The van der Waals surface area contributed by atoms with Gasteiger partial charge in [-0.1, -0.05) is 11.3 Å². The Morgan fingerprint density at radius 3 is 2.19 bits per heavy atom. The lowest BCUT2D eigenvalue weighted by Gasteiger charge is -2.25. The summed E-state index contributed by atoms with van der Waals surface area (Å²) < 4.78 is 36.5. The second-order valence-corrected chi connectivity index (χ2v) is 4.39. The molecule has 0 saturated heterocycles. The van der Waals surface area contributed by atoms with Crippen molar-refractivity contribution in [3.8, 4) is 0 Å². The van der Waals surface area contributed by atoms with Crippen LogP contribution in [-0.2, 0) is 6.18 Å². The van der Waals surface area contributed by atoms with Crippen LogP contribution in [-0.4, -0.2) is 39.2 Å². The molecule has 5 nitrogen and oxygen atoms in total. The Balaban J connectivity index is 2.80. The predicted octanol–water partition coefficient (Wildman–Crippen LogP) is 0.712. The molecule has 0 fully saturated rings. The van der Waals surface area contributed by atoms with Gasteiger partial charge in [-0.3, -0.25) is 0 Å².